The summed E-state index contributed by atoms with van der Waals surface area (Å²) in [6.45, 7) is 4.12. The maximum Gasteiger partial charge on any atom is 0.250 e. The molecule has 1 aromatic heterocycles. The van der Waals surface area contributed by atoms with Gasteiger partial charge < -0.3 is 19.9 Å². The van der Waals surface area contributed by atoms with Gasteiger partial charge in [-0.3, -0.25) is 10.2 Å². The molecule has 0 saturated carbocycles. The number of ether oxygens (including phenoxy) is 1. The molecular weight excluding hydrogens is 292 g/mol. The smallest absolute Gasteiger partial charge is 0.250 e. The summed E-state index contributed by atoms with van der Waals surface area (Å²) in [6.07, 6.45) is 1.85. The Kier molecular flexibility index (Phi) is 4.23. The minimum absolute atomic E-state index is 0.0188. The van der Waals surface area contributed by atoms with E-state index in [1.165, 1.54) is 0 Å². The minimum atomic E-state index is 0.0188. The summed E-state index contributed by atoms with van der Waals surface area (Å²) in [5.41, 5.74) is 6.46. The first-order valence-corrected chi connectivity index (χ1v) is 7.97. The van der Waals surface area contributed by atoms with Crippen LogP contribution in [0, 0.1) is 5.41 Å². The molecular formula is C17H22N4O2. The molecule has 1 aliphatic rings. The zero-order chi connectivity index (χ0) is 16.4. The first kappa shape index (κ1) is 15.4. The lowest BCUT2D eigenvalue weighted by Crippen LogP contribution is -2.44. The summed E-state index contributed by atoms with van der Waals surface area (Å²) in [7, 11) is 0. The molecule has 0 radical (unpaired) electrons. The van der Waals surface area contributed by atoms with Crippen LogP contribution in [0.5, 0.6) is 5.75 Å². The van der Waals surface area contributed by atoms with Gasteiger partial charge in [-0.15, -0.1) is 0 Å². The molecule has 1 aromatic carbocycles. The van der Waals surface area contributed by atoms with Crippen molar-refractivity contribution in [1.82, 2.24) is 9.47 Å². The van der Waals surface area contributed by atoms with Crippen LogP contribution in [0.3, 0.4) is 0 Å². The quantitative estimate of drug-likeness (QED) is 0.668. The third-order valence-corrected chi connectivity index (χ3v) is 4.36. The molecule has 23 heavy (non-hydrogen) atoms. The fraction of sp³-hybridized carbons (Fsp3) is 0.412. The lowest BCUT2D eigenvalue weighted by molar-refractivity contribution is 0.130. The van der Waals surface area contributed by atoms with Crippen molar-refractivity contribution in [1.29, 1.82) is 5.41 Å². The molecule has 122 valence electrons. The van der Waals surface area contributed by atoms with Gasteiger partial charge in [0, 0.05) is 43.9 Å². The second kappa shape index (κ2) is 6.32. The molecule has 3 rings (SSSR count). The third-order valence-electron chi connectivity index (χ3n) is 4.36. The van der Waals surface area contributed by atoms with Gasteiger partial charge in [-0.25, -0.2) is 0 Å². The molecule has 1 saturated heterocycles. The Morgan fingerprint density at radius 1 is 1.30 bits per heavy atom. The van der Waals surface area contributed by atoms with Gasteiger partial charge in [-0.05, 0) is 31.2 Å². The SMILES string of the molecule is CCn1c(=O)ccc2cc(OC3CCN(C(=N)N)CC3)ccc21. The number of hydrogen-bond donors (Lipinski definition) is 2. The Hall–Kier alpha value is -2.50. The minimum Gasteiger partial charge on any atom is -0.490 e. The predicted molar refractivity (Wildman–Crippen MR) is 91.0 cm³/mol. The van der Waals surface area contributed by atoms with Crippen molar-refractivity contribution < 1.29 is 4.74 Å². The van der Waals surface area contributed by atoms with Crippen LogP contribution >= 0.6 is 0 Å². The first-order chi connectivity index (χ1) is 11.1. The van der Waals surface area contributed by atoms with Gasteiger partial charge in [0.15, 0.2) is 5.96 Å². The molecule has 0 bridgehead atoms. The maximum absolute atomic E-state index is 11.9. The van der Waals surface area contributed by atoms with Gasteiger partial charge in [-0.2, -0.15) is 0 Å². The number of rotatable bonds is 3. The summed E-state index contributed by atoms with van der Waals surface area (Å²) in [5, 5.41) is 8.46. The van der Waals surface area contributed by atoms with E-state index in [2.05, 4.69) is 0 Å². The van der Waals surface area contributed by atoms with Crippen LogP contribution in [-0.2, 0) is 6.54 Å². The fourth-order valence-electron chi connectivity index (χ4n) is 3.09. The van der Waals surface area contributed by atoms with Crippen LogP contribution in [-0.4, -0.2) is 34.6 Å². The first-order valence-electron chi connectivity index (χ1n) is 7.97. The number of aromatic nitrogens is 1. The van der Waals surface area contributed by atoms with Crippen LogP contribution in [0.15, 0.2) is 35.1 Å². The van der Waals surface area contributed by atoms with Crippen LogP contribution in [0.4, 0.5) is 0 Å². The average Bonchev–Trinajstić information content (AvgIpc) is 2.55. The molecule has 2 aromatic rings. The second-order valence-electron chi connectivity index (χ2n) is 5.83. The van der Waals surface area contributed by atoms with Crippen molar-refractivity contribution in [2.75, 3.05) is 13.1 Å². The van der Waals surface area contributed by atoms with E-state index in [1.807, 2.05) is 36.1 Å². The number of hydrogen-bond acceptors (Lipinski definition) is 3. The number of nitrogens with two attached hydrogens (primary N) is 1. The Morgan fingerprint density at radius 3 is 2.70 bits per heavy atom. The number of aryl methyl sites for hydroxylation is 1. The zero-order valence-corrected chi connectivity index (χ0v) is 13.3. The van der Waals surface area contributed by atoms with E-state index in [0.29, 0.717) is 6.54 Å². The van der Waals surface area contributed by atoms with Crippen molar-refractivity contribution in [3.05, 3.63) is 40.7 Å². The van der Waals surface area contributed by atoms with Gasteiger partial charge in [0.2, 0.25) is 0 Å². The topological polar surface area (TPSA) is 84.3 Å². The van der Waals surface area contributed by atoms with E-state index in [9.17, 15) is 4.79 Å². The zero-order valence-electron chi connectivity index (χ0n) is 13.3. The molecule has 1 fully saturated rings. The number of benzene rings is 1. The van der Waals surface area contributed by atoms with E-state index in [-0.39, 0.29) is 17.6 Å². The number of fused-ring (bicyclic) bond motifs is 1. The number of piperidine rings is 1. The average molecular weight is 314 g/mol. The standard InChI is InChI=1S/C17H22N4O2/c1-2-21-15-5-4-14(11-12(15)3-6-16(21)22)23-13-7-9-20(10-8-13)17(18)19/h3-6,11,13H,2,7-10H2,1H3,(H3,18,19). The fourth-order valence-corrected chi connectivity index (χ4v) is 3.09. The Morgan fingerprint density at radius 2 is 2.04 bits per heavy atom. The highest BCUT2D eigenvalue weighted by atomic mass is 16.5. The summed E-state index contributed by atoms with van der Waals surface area (Å²) in [5.74, 6) is 0.951. The van der Waals surface area contributed by atoms with Gasteiger partial charge in [0.1, 0.15) is 11.9 Å². The molecule has 0 atom stereocenters. The molecule has 0 spiro atoms. The lowest BCUT2D eigenvalue weighted by Gasteiger charge is -2.32. The highest BCUT2D eigenvalue weighted by Gasteiger charge is 2.21. The summed E-state index contributed by atoms with van der Waals surface area (Å²) >= 11 is 0. The number of likely N-dealkylation sites (tertiary alicyclic amines) is 1. The van der Waals surface area contributed by atoms with Crippen molar-refractivity contribution >= 4 is 16.9 Å². The van der Waals surface area contributed by atoms with Gasteiger partial charge in [0.05, 0.1) is 5.52 Å². The molecule has 0 aliphatic carbocycles. The molecule has 1 aliphatic heterocycles. The summed E-state index contributed by atoms with van der Waals surface area (Å²) in [6, 6.07) is 9.29. The molecule has 3 N–H and O–H groups in total. The lowest BCUT2D eigenvalue weighted by atomic mass is 10.1. The molecule has 0 unspecified atom stereocenters. The molecule has 0 amide bonds. The van der Waals surface area contributed by atoms with Crippen LogP contribution in [0.1, 0.15) is 19.8 Å². The van der Waals surface area contributed by atoms with Crippen molar-refractivity contribution in [3.8, 4) is 5.75 Å². The van der Waals surface area contributed by atoms with Gasteiger partial charge >= 0.3 is 0 Å². The normalized spacial score (nSPS) is 15.8. The largest absolute Gasteiger partial charge is 0.490 e. The highest BCUT2D eigenvalue weighted by Crippen LogP contribution is 2.23. The Balaban J connectivity index is 1.76. The predicted octanol–water partition coefficient (Wildman–Crippen LogP) is 1.76. The molecule has 6 heteroatoms. The van der Waals surface area contributed by atoms with E-state index >= 15 is 0 Å². The third kappa shape index (κ3) is 3.16. The summed E-state index contributed by atoms with van der Waals surface area (Å²) in [4.78, 5) is 13.7. The van der Waals surface area contributed by atoms with E-state index < -0.39 is 0 Å². The van der Waals surface area contributed by atoms with Gasteiger partial charge in [-0.1, -0.05) is 0 Å². The van der Waals surface area contributed by atoms with Crippen molar-refractivity contribution in [3.63, 3.8) is 0 Å². The van der Waals surface area contributed by atoms with Crippen molar-refractivity contribution in [2.45, 2.75) is 32.4 Å². The van der Waals surface area contributed by atoms with Crippen LogP contribution < -0.4 is 16.0 Å². The summed E-state index contributed by atoms with van der Waals surface area (Å²) < 4.78 is 7.82. The van der Waals surface area contributed by atoms with E-state index in [0.717, 1.165) is 42.6 Å². The molecule has 6 nitrogen and oxygen atoms in total. The number of nitrogens with one attached hydrogen (secondary N) is 1. The second-order valence-corrected chi connectivity index (χ2v) is 5.83. The van der Waals surface area contributed by atoms with Crippen LogP contribution in [0.25, 0.3) is 10.9 Å². The van der Waals surface area contributed by atoms with E-state index in [4.69, 9.17) is 15.9 Å². The van der Waals surface area contributed by atoms with Crippen LogP contribution in [0.2, 0.25) is 0 Å². The maximum atomic E-state index is 11.9. The molecule has 2 heterocycles. The number of guanidine groups is 1. The highest BCUT2D eigenvalue weighted by molar-refractivity contribution is 5.80. The Labute approximate surface area is 135 Å². The monoisotopic (exact) mass is 314 g/mol. The Bertz CT molecular complexity index is 776. The van der Waals surface area contributed by atoms with Gasteiger partial charge in [0.25, 0.3) is 5.56 Å². The van der Waals surface area contributed by atoms with Crippen molar-refractivity contribution in [2.24, 2.45) is 5.73 Å². The number of pyridine rings is 1. The van der Waals surface area contributed by atoms with E-state index in [1.54, 1.807) is 10.6 Å². The number of nitrogens with zero attached hydrogens (tertiary/aromatic N) is 2.